The molecule has 6 nitrogen and oxygen atoms in total. The largest absolute Gasteiger partial charge is 0.496 e. The molecule has 2 unspecified atom stereocenters. The number of aliphatic hydroxyl groups is 1. The molecule has 6 heteroatoms. The smallest absolute Gasteiger partial charge is 0.318 e. The third-order valence-corrected chi connectivity index (χ3v) is 5.48. The molecule has 0 spiro atoms. The van der Waals surface area contributed by atoms with Gasteiger partial charge in [0.15, 0.2) is 0 Å². The van der Waals surface area contributed by atoms with E-state index in [1.165, 1.54) is 7.11 Å². The Morgan fingerprint density at radius 1 is 1.11 bits per heavy atom. The monoisotopic (exact) mass is 367 g/mol. The predicted octanol–water partition coefficient (Wildman–Crippen LogP) is 2.86. The molecule has 1 fully saturated rings. The van der Waals surface area contributed by atoms with Crippen molar-refractivity contribution in [2.24, 2.45) is 10.6 Å². The van der Waals surface area contributed by atoms with Gasteiger partial charge < -0.3 is 19.4 Å². The van der Waals surface area contributed by atoms with Crippen molar-refractivity contribution in [3.8, 4) is 5.75 Å². The van der Waals surface area contributed by atoms with Crippen LogP contribution in [0.5, 0.6) is 5.75 Å². The average molecular weight is 367 g/mol. The van der Waals surface area contributed by atoms with Crippen LogP contribution in [0.3, 0.4) is 0 Å². The van der Waals surface area contributed by atoms with E-state index in [4.69, 9.17) is 14.3 Å². The van der Waals surface area contributed by atoms with Crippen molar-refractivity contribution in [1.29, 1.82) is 0 Å². The molecule has 1 heterocycles. The SMILES string of the molecule is COC(=O)C1(C2(O)ON=C(c3ccccc3OC)C2c2ccccc2)CC1. The first-order chi connectivity index (χ1) is 13.1. The van der Waals surface area contributed by atoms with Gasteiger partial charge in [-0.2, -0.15) is 0 Å². The highest BCUT2D eigenvalue weighted by Gasteiger charge is 2.73. The number of ether oxygens (including phenoxy) is 2. The van der Waals surface area contributed by atoms with Gasteiger partial charge in [0.25, 0.3) is 5.79 Å². The fourth-order valence-electron chi connectivity index (χ4n) is 3.89. The van der Waals surface area contributed by atoms with Gasteiger partial charge in [-0.15, -0.1) is 0 Å². The van der Waals surface area contributed by atoms with Crippen molar-refractivity contribution in [2.75, 3.05) is 14.2 Å². The van der Waals surface area contributed by atoms with E-state index >= 15 is 0 Å². The number of carbonyl (C=O) groups excluding carboxylic acids is 1. The van der Waals surface area contributed by atoms with E-state index in [0.29, 0.717) is 29.9 Å². The summed E-state index contributed by atoms with van der Waals surface area (Å²) >= 11 is 0. The molecule has 1 aliphatic heterocycles. The first kappa shape index (κ1) is 17.5. The van der Waals surface area contributed by atoms with Crippen LogP contribution in [0.2, 0.25) is 0 Å². The van der Waals surface area contributed by atoms with E-state index in [1.807, 2.05) is 54.6 Å². The Morgan fingerprint density at radius 3 is 2.41 bits per heavy atom. The minimum absolute atomic E-state index is 0.480. The Kier molecular flexibility index (Phi) is 4.15. The minimum atomic E-state index is -1.82. The van der Waals surface area contributed by atoms with Crippen LogP contribution < -0.4 is 4.74 Å². The molecule has 0 bridgehead atoms. The van der Waals surface area contributed by atoms with Crippen molar-refractivity contribution >= 4 is 11.7 Å². The molecule has 0 aromatic heterocycles. The first-order valence-electron chi connectivity index (χ1n) is 8.82. The van der Waals surface area contributed by atoms with Gasteiger partial charge in [-0.25, -0.2) is 0 Å². The summed E-state index contributed by atoms with van der Waals surface area (Å²) in [5.41, 5.74) is 0.911. The number of benzene rings is 2. The van der Waals surface area contributed by atoms with Crippen LogP contribution in [0, 0.1) is 5.41 Å². The standard InChI is InChI=1S/C21H21NO5/c1-25-16-11-7-6-10-15(16)18-17(14-8-4-3-5-9-14)21(24,27-22-18)20(12-13-20)19(23)26-2/h3-11,17,24H,12-13H2,1-2H3. The lowest BCUT2D eigenvalue weighted by atomic mass is 9.76. The van der Waals surface area contributed by atoms with Gasteiger partial charge in [-0.3, -0.25) is 4.79 Å². The lowest BCUT2D eigenvalue weighted by molar-refractivity contribution is -0.242. The number of carbonyl (C=O) groups is 1. The Labute approximate surface area is 157 Å². The Hall–Kier alpha value is -2.86. The highest BCUT2D eigenvalue weighted by atomic mass is 16.7. The normalized spacial score (nSPS) is 25.3. The molecule has 2 aromatic carbocycles. The average Bonchev–Trinajstić information content (AvgIpc) is 3.46. The summed E-state index contributed by atoms with van der Waals surface area (Å²) in [5, 5.41) is 15.8. The number of nitrogens with zero attached hydrogens (tertiary/aromatic N) is 1. The molecule has 0 radical (unpaired) electrons. The molecule has 140 valence electrons. The van der Waals surface area contributed by atoms with Gasteiger partial charge in [-0.1, -0.05) is 47.6 Å². The van der Waals surface area contributed by atoms with Crippen LogP contribution in [0.15, 0.2) is 59.8 Å². The van der Waals surface area contributed by atoms with E-state index in [1.54, 1.807) is 7.11 Å². The quantitative estimate of drug-likeness (QED) is 0.823. The van der Waals surface area contributed by atoms with Gasteiger partial charge in [0.05, 0.1) is 20.1 Å². The highest BCUT2D eigenvalue weighted by molar-refractivity contribution is 6.09. The number of hydrogen-bond acceptors (Lipinski definition) is 6. The van der Waals surface area contributed by atoms with Crippen molar-refractivity contribution in [3.63, 3.8) is 0 Å². The summed E-state index contributed by atoms with van der Waals surface area (Å²) in [5.74, 6) is -2.34. The lowest BCUT2D eigenvalue weighted by Crippen LogP contribution is -2.50. The molecule has 4 rings (SSSR count). The minimum Gasteiger partial charge on any atom is -0.496 e. The third kappa shape index (κ3) is 2.51. The zero-order chi connectivity index (χ0) is 19.1. The number of methoxy groups -OCH3 is 2. The summed E-state index contributed by atoms with van der Waals surface area (Å²) in [6.45, 7) is 0. The molecular formula is C21H21NO5. The molecule has 1 aliphatic carbocycles. The fourth-order valence-corrected chi connectivity index (χ4v) is 3.89. The number of hydrogen-bond donors (Lipinski definition) is 1. The second kappa shape index (κ2) is 6.39. The number of esters is 1. The second-order valence-corrected chi connectivity index (χ2v) is 6.88. The first-order valence-corrected chi connectivity index (χ1v) is 8.82. The molecule has 1 N–H and O–H groups in total. The second-order valence-electron chi connectivity index (χ2n) is 6.88. The highest BCUT2D eigenvalue weighted by Crippen LogP contribution is 2.62. The zero-order valence-electron chi connectivity index (χ0n) is 15.2. The van der Waals surface area contributed by atoms with Crippen LogP contribution in [0.4, 0.5) is 0 Å². The van der Waals surface area contributed by atoms with E-state index in [0.717, 1.165) is 5.56 Å². The fraction of sp³-hybridized carbons (Fsp3) is 0.333. The van der Waals surface area contributed by atoms with Gasteiger partial charge in [0.2, 0.25) is 0 Å². The van der Waals surface area contributed by atoms with Gasteiger partial charge >= 0.3 is 5.97 Å². The van der Waals surface area contributed by atoms with Gasteiger partial charge in [0, 0.05) is 5.56 Å². The third-order valence-electron chi connectivity index (χ3n) is 5.48. The molecular weight excluding hydrogens is 346 g/mol. The van der Waals surface area contributed by atoms with Crippen LogP contribution in [-0.2, 0) is 14.4 Å². The molecule has 0 saturated heterocycles. The maximum absolute atomic E-state index is 12.5. The molecule has 2 aromatic rings. The zero-order valence-corrected chi connectivity index (χ0v) is 15.2. The summed E-state index contributed by atoms with van der Waals surface area (Å²) in [4.78, 5) is 18.1. The molecule has 27 heavy (non-hydrogen) atoms. The van der Waals surface area contributed by atoms with Crippen LogP contribution in [-0.4, -0.2) is 36.8 Å². The van der Waals surface area contributed by atoms with E-state index in [-0.39, 0.29) is 0 Å². The summed E-state index contributed by atoms with van der Waals surface area (Å²) < 4.78 is 10.4. The topological polar surface area (TPSA) is 77.4 Å². The van der Waals surface area contributed by atoms with Crippen molar-refractivity contribution in [1.82, 2.24) is 0 Å². The summed E-state index contributed by atoms with van der Waals surface area (Å²) in [7, 11) is 2.90. The summed E-state index contributed by atoms with van der Waals surface area (Å²) in [6.07, 6.45) is 0.961. The molecule has 2 aliphatic rings. The number of para-hydroxylation sites is 1. The van der Waals surface area contributed by atoms with E-state index in [9.17, 15) is 9.90 Å². The molecule has 0 amide bonds. The summed E-state index contributed by atoms with van der Waals surface area (Å²) in [6, 6.07) is 16.9. The maximum Gasteiger partial charge on any atom is 0.318 e. The van der Waals surface area contributed by atoms with Crippen LogP contribution >= 0.6 is 0 Å². The van der Waals surface area contributed by atoms with Crippen molar-refractivity contribution < 1.29 is 24.2 Å². The van der Waals surface area contributed by atoms with Crippen LogP contribution in [0.1, 0.15) is 29.9 Å². The van der Waals surface area contributed by atoms with Crippen molar-refractivity contribution in [3.05, 3.63) is 65.7 Å². The Morgan fingerprint density at radius 2 is 1.78 bits per heavy atom. The van der Waals surface area contributed by atoms with E-state index < -0.39 is 23.1 Å². The number of oxime groups is 1. The van der Waals surface area contributed by atoms with Crippen LogP contribution in [0.25, 0.3) is 0 Å². The maximum atomic E-state index is 12.5. The molecule has 2 atom stereocenters. The Balaban J connectivity index is 1.86. The molecule has 1 saturated carbocycles. The van der Waals surface area contributed by atoms with Crippen molar-refractivity contribution in [2.45, 2.75) is 24.5 Å². The van der Waals surface area contributed by atoms with Gasteiger partial charge in [0.1, 0.15) is 16.9 Å². The van der Waals surface area contributed by atoms with E-state index in [2.05, 4.69) is 5.16 Å². The lowest BCUT2D eigenvalue weighted by Gasteiger charge is -2.34. The Bertz CT molecular complexity index is 890. The number of rotatable bonds is 5. The van der Waals surface area contributed by atoms with Gasteiger partial charge in [-0.05, 0) is 30.5 Å². The predicted molar refractivity (Wildman–Crippen MR) is 98.4 cm³/mol.